The van der Waals surface area contributed by atoms with Crippen molar-refractivity contribution in [2.45, 2.75) is 19.3 Å². The van der Waals surface area contributed by atoms with Gasteiger partial charge in [0.15, 0.2) is 0 Å². The van der Waals surface area contributed by atoms with Crippen LogP contribution in [0.2, 0.25) is 5.02 Å². The van der Waals surface area contributed by atoms with Crippen LogP contribution in [0.3, 0.4) is 0 Å². The lowest BCUT2D eigenvalue weighted by Crippen LogP contribution is -2.48. The van der Waals surface area contributed by atoms with Crippen molar-refractivity contribution in [3.05, 3.63) is 74.4 Å². The molecule has 0 saturated carbocycles. The van der Waals surface area contributed by atoms with Gasteiger partial charge in [-0.25, -0.2) is 0 Å². The molecule has 158 valence electrons. The molecule has 0 radical (unpaired) electrons. The van der Waals surface area contributed by atoms with Crippen molar-refractivity contribution in [2.75, 3.05) is 31.1 Å². The van der Waals surface area contributed by atoms with Crippen LogP contribution in [0.25, 0.3) is 10.9 Å². The number of piperazine rings is 1. The van der Waals surface area contributed by atoms with Gasteiger partial charge in [0.1, 0.15) is 0 Å². The first-order valence-corrected chi connectivity index (χ1v) is 10.8. The van der Waals surface area contributed by atoms with Crippen molar-refractivity contribution >= 4 is 39.8 Å². The second-order valence-corrected chi connectivity index (χ2v) is 8.37. The first kappa shape index (κ1) is 19.8. The van der Waals surface area contributed by atoms with Crippen LogP contribution in [0.15, 0.2) is 42.5 Å². The van der Waals surface area contributed by atoms with Crippen molar-refractivity contribution in [1.82, 2.24) is 9.88 Å². The summed E-state index contributed by atoms with van der Waals surface area (Å²) in [6, 6.07) is 12.1. The van der Waals surface area contributed by atoms with Crippen molar-refractivity contribution in [3.8, 4) is 0 Å². The average Bonchev–Trinajstić information content (AvgIpc) is 3.27. The van der Waals surface area contributed by atoms with Crippen molar-refractivity contribution in [3.63, 3.8) is 0 Å². The van der Waals surface area contributed by atoms with Crippen LogP contribution >= 0.6 is 11.6 Å². The summed E-state index contributed by atoms with van der Waals surface area (Å²) in [5.74, 6) is -0.0105. The summed E-state index contributed by atoms with van der Waals surface area (Å²) in [5.41, 5.74) is 4.61. The molecular formula is C23H21ClN4O3. The van der Waals surface area contributed by atoms with E-state index in [-0.39, 0.29) is 11.6 Å². The number of benzene rings is 2. The molecule has 0 bridgehead atoms. The molecule has 1 amide bonds. The summed E-state index contributed by atoms with van der Waals surface area (Å²) in [4.78, 5) is 32.3. The van der Waals surface area contributed by atoms with Crippen LogP contribution in [0, 0.1) is 10.1 Å². The largest absolute Gasteiger partial charge is 0.368 e. The summed E-state index contributed by atoms with van der Waals surface area (Å²) in [7, 11) is 0. The highest BCUT2D eigenvalue weighted by atomic mass is 35.5. The molecular weight excluding hydrogens is 416 g/mol. The minimum atomic E-state index is -0.403. The molecule has 0 atom stereocenters. The van der Waals surface area contributed by atoms with Gasteiger partial charge in [0, 0.05) is 60.6 Å². The molecule has 1 fully saturated rings. The van der Waals surface area contributed by atoms with Gasteiger partial charge in [-0.2, -0.15) is 0 Å². The van der Waals surface area contributed by atoms with Crippen LogP contribution in [0.4, 0.5) is 11.4 Å². The molecule has 7 nitrogen and oxygen atoms in total. The highest BCUT2D eigenvalue weighted by molar-refractivity contribution is 6.36. The summed E-state index contributed by atoms with van der Waals surface area (Å²) in [6.07, 6.45) is 2.98. The molecule has 2 aromatic carbocycles. The fourth-order valence-corrected chi connectivity index (χ4v) is 4.84. The van der Waals surface area contributed by atoms with Gasteiger partial charge in [0.25, 0.3) is 11.6 Å². The second kappa shape index (κ2) is 7.81. The number of nitrogens with zero attached hydrogens (tertiary/aromatic N) is 4. The van der Waals surface area contributed by atoms with Gasteiger partial charge in [-0.1, -0.05) is 17.7 Å². The quantitative estimate of drug-likeness (QED) is 0.453. The second-order valence-electron chi connectivity index (χ2n) is 7.99. The zero-order valence-corrected chi connectivity index (χ0v) is 17.6. The molecule has 8 heteroatoms. The number of hydrogen-bond acceptors (Lipinski definition) is 5. The Hall–Kier alpha value is -3.19. The number of aromatic nitrogens is 1. The van der Waals surface area contributed by atoms with Gasteiger partial charge in [0.05, 0.1) is 15.5 Å². The highest BCUT2D eigenvalue weighted by Gasteiger charge is 2.24. The third-order valence-corrected chi connectivity index (χ3v) is 6.61. The number of hydrogen-bond donors (Lipinski definition) is 0. The van der Waals surface area contributed by atoms with Gasteiger partial charge < -0.3 is 9.80 Å². The normalized spacial score (nSPS) is 15.9. The van der Waals surface area contributed by atoms with Gasteiger partial charge in [0.2, 0.25) is 0 Å². The van der Waals surface area contributed by atoms with Gasteiger partial charge in [-0.3, -0.25) is 19.9 Å². The highest BCUT2D eigenvalue weighted by Crippen LogP contribution is 2.34. The fraction of sp³-hybridized carbons (Fsp3) is 0.304. The topological polar surface area (TPSA) is 79.6 Å². The molecule has 1 aromatic heterocycles. The number of halogens is 1. The van der Waals surface area contributed by atoms with Crippen LogP contribution in [-0.2, 0) is 12.8 Å². The van der Waals surface area contributed by atoms with Crippen LogP contribution in [-0.4, -0.2) is 46.9 Å². The number of nitro groups is 1. The Balaban J connectivity index is 1.30. The number of pyridine rings is 1. The number of fused-ring (bicyclic) bond motifs is 2. The van der Waals surface area contributed by atoms with Gasteiger partial charge in [-0.15, -0.1) is 0 Å². The number of rotatable bonds is 3. The lowest BCUT2D eigenvalue weighted by atomic mass is 10.1. The van der Waals surface area contributed by atoms with Crippen LogP contribution < -0.4 is 4.90 Å². The third kappa shape index (κ3) is 3.59. The van der Waals surface area contributed by atoms with E-state index in [0.717, 1.165) is 52.1 Å². The number of aryl methyl sites for hydroxylation is 1. The zero-order chi connectivity index (χ0) is 21.5. The number of nitro benzene ring substituents is 1. The minimum absolute atomic E-state index is 0.0105. The van der Waals surface area contributed by atoms with E-state index in [1.807, 2.05) is 23.1 Å². The third-order valence-electron chi connectivity index (χ3n) is 6.18. The van der Waals surface area contributed by atoms with Crippen molar-refractivity contribution < 1.29 is 9.72 Å². The van der Waals surface area contributed by atoms with E-state index >= 15 is 0 Å². The fourth-order valence-electron chi connectivity index (χ4n) is 4.47. The van der Waals surface area contributed by atoms with Crippen LogP contribution in [0.1, 0.15) is 28.0 Å². The van der Waals surface area contributed by atoms with Crippen LogP contribution in [0.5, 0.6) is 0 Å². The van der Waals surface area contributed by atoms with Gasteiger partial charge in [-0.05, 0) is 49.1 Å². The first-order chi connectivity index (χ1) is 15.0. The number of amides is 1. The number of non-ortho nitro benzene ring substituents is 1. The van der Waals surface area contributed by atoms with E-state index in [9.17, 15) is 14.9 Å². The Kier molecular flexibility index (Phi) is 4.98. The SMILES string of the molecule is O=C(c1ccc2c(Cl)c3c(nc2c1)CCC3)N1CCN(c2ccc([N+](=O)[O-])cc2)CC1. The molecule has 3 aromatic rings. The molecule has 2 aliphatic rings. The maximum Gasteiger partial charge on any atom is 0.269 e. The maximum absolute atomic E-state index is 13.1. The summed E-state index contributed by atoms with van der Waals surface area (Å²) in [5, 5.41) is 12.5. The molecule has 0 N–H and O–H groups in total. The first-order valence-electron chi connectivity index (χ1n) is 10.4. The Bertz CT molecular complexity index is 1190. The lowest BCUT2D eigenvalue weighted by molar-refractivity contribution is -0.384. The predicted octanol–water partition coefficient (Wildman–Crippen LogP) is 4.25. The molecule has 0 unspecified atom stereocenters. The Morgan fingerprint density at radius 2 is 1.77 bits per heavy atom. The monoisotopic (exact) mass is 436 g/mol. The average molecular weight is 437 g/mol. The van der Waals surface area contributed by atoms with E-state index in [4.69, 9.17) is 16.6 Å². The molecule has 1 aliphatic heterocycles. The predicted molar refractivity (Wildman–Crippen MR) is 120 cm³/mol. The van der Waals surface area contributed by atoms with E-state index in [2.05, 4.69) is 4.90 Å². The maximum atomic E-state index is 13.1. The number of carbonyl (C=O) groups excluding carboxylic acids is 1. The Morgan fingerprint density at radius 3 is 2.48 bits per heavy atom. The number of carbonyl (C=O) groups is 1. The van der Waals surface area contributed by atoms with E-state index < -0.39 is 4.92 Å². The molecule has 1 aliphatic carbocycles. The summed E-state index contributed by atoms with van der Waals surface area (Å²) < 4.78 is 0. The Labute approximate surface area is 184 Å². The molecule has 0 spiro atoms. The van der Waals surface area contributed by atoms with Crippen molar-refractivity contribution in [1.29, 1.82) is 0 Å². The minimum Gasteiger partial charge on any atom is -0.368 e. The smallest absolute Gasteiger partial charge is 0.269 e. The van der Waals surface area contributed by atoms with Crippen molar-refractivity contribution in [2.24, 2.45) is 0 Å². The summed E-state index contributed by atoms with van der Waals surface area (Å²) in [6.45, 7) is 2.53. The van der Waals surface area contributed by atoms with E-state index in [0.29, 0.717) is 31.7 Å². The summed E-state index contributed by atoms with van der Waals surface area (Å²) >= 11 is 6.59. The molecule has 5 rings (SSSR count). The zero-order valence-electron chi connectivity index (χ0n) is 16.9. The standard InChI is InChI=1S/C23H21ClN4O3/c24-22-18-2-1-3-20(18)25-21-14-15(4-9-19(21)22)23(29)27-12-10-26(11-13-27)16-5-7-17(8-6-16)28(30)31/h4-9,14H,1-3,10-13H2. The number of anilines is 1. The molecule has 31 heavy (non-hydrogen) atoms. The van der Waals surface area contributed by atoms with Gasteiger partial charge >= 0.3 is 0 Å². The van der Waals surface area contributed by atoms with E-state index in [1.165, 1.54) is 12.1 Å². The van der Waals surface area contributed by atoms with E-state index in [1.54, 1.807) is 12.1 Å². The molecule has 1 saturated heterocycles. The molecule has 2 heterocycles. The lowest BCUT2D eigenvalue weighted by Gasteiger charge is -2.36. The Morgan fingerprint density at radius 1 is 1.03 bits per heavy atom.